The molecule has 0 unspecified atom stereocenters. The first kappa shape index (κ1) is 17.1. The molecule has 1 amide bonds. The lowest BCUT2D eigenvalue weighted by Crippen LogP contribution is -2.39. The second kappa shape index (κ2) is 8.40. The molecule has 4 nitrogen and oxygen atoms in total. The van der Waals surface area contributed by atoms with Crippen molar-refractivity contribution in [2.24, 2.45) is 5.92 Å². The van der Waals surface area contributed by atoms with Crippen LogP contribution in [0, 0.1) is 5.92 Å². The van der Waals surface area contributed by atoms with E-state index in [-0.39, 0.29) is 5.91 Å². The average molecular weight is 389 g/mol. The molecule has 1 fully saturated rings. The van der Waals surface area contributed by atoms with Gasteiger partial charge in [-0.2, -0.15) is 0 Å². The van der Waals surface area contributed by atoms with Crippen molar-refractivity contribution in [1.29, 1.82) is 0 Å². The molecule has 0 aliphatic carbocycles. The van der Waals surface area contributed by atoms with Crippen LogP contribution in [-0.2, 0) is 11.3 Å². The van der Waals surface area contributed by atoms with E-state index < -0.39 is 0 Å². The van der Waals surface area contributed by atoms with Gasteiger partial charge in [-0.1, -0.05) is 30.3 Å². The maximum absolute atomic E-state index is 12.5. The Hall–Kier alpha value is -1.72. The van der Waals surface area contributed by atoms with Gasteiger partial charge in [-0.25, -0.2) is 0 Å². The Morgan fingerprint density at radius 3 is 2.67 bits per heavy atom. The van der Waals surface area contributed by atoms with E-state index in [1.165, 1.54) is 5.56 Å². The number of hydrogen-bond acceptors (Lipinski definition) is 3. The van der Waals surface area contributed by atoms with Gasteiger partial charge in [-0.15, -0.1) is 0 Å². The van der Waals surface area contributed by atoms with Gasteiger partial charge in [0.2, 0.25) is 0 Å². The van der Waals surface area contributed by atoms with Gasteiger partial charge in [0.1, 0.15) is 0 Å². The molecule has 24 heavy (non-hydrogen) atoms. The Labute approximate surface area is 151 Å². The number of pyridine rings is 1. The number of likely N-dealkylation sites (tertiary alicyclic amines) is 1. The normalized spacial score (nSPS) is 15.5. The van der Waals surface area contributed by atoms with Crippen LogP contribution in [-0.4, -0.2) is 35.5 Å². The van der Waals surface area contributed by atoms with E-state index in [1.807, 2.05) is 29.2 Å². The predicted molar refractivity (Wildman–Crippen MR) is 96.7 cm³/mol. The molecule has 0 bridgehead atoms. The lowest BCUT2D eigenvalue weighted by molar-refractivity contribution is 0.0478. The number of rotatable bonds is 5. The SMILES string of the molecule is O=C(c1cncc(Br)c1)N1CCC(COCc2ccccc2)CC1. The van der Waals surface area contributed by atoms with E-state index in [0.29, 0.717) is 18.1 Å². The van der Waals surface area contributed by atoms with E-state index in [1.54, 1.807) is 12.4 Å². The molecule has 1 aromatic heterocycles. The van der Waals surface area contributed by atoms with Crippen molar-refractivity contribution < 1.29 is 9.53 Å². The van der Waals surface area contributed by atoms with Crippen molar-refractivity contribution >= 4 is 21.8 Å². The number of piperidine rings is 1. The number of carbonyl (C=O) groups excluding carboxylic acids is 1. The van der Waals surface area contributed by atoms with Gasteiger partial charge in [0, 0.05) is 36.6 Å². The summed E-state index contributed by atoms with van der Waals surface area (Å²) >= 11 is 3.36. The van der Waals surface area contributed by atoms with Gasteiger partial charge in [-0.3, -0.25) is 9.78 Å². The number of ether oxygens (including phenoxy) is 1. The summed E-state index contributed by atoms with van der Waals surface area (Å²) in [6.07, 6.45) is 5.29. The fourth-order valence-corrected chi connectivity index (χ4v) is 3.30. The van der Waals surface area contributed by atoms with E-state index >= 15 is 0 Å². The molecule has 1 aliphatic rings. The molecule has 5 heteroatoms. The summed E-state index contributed by atoms with van der Waals surface area (Å²) in [4.78, 5) is 18.5. The van der Waals surface area contributed by atoms with Gasteiger partial charge < -0.3 is 9.64 Å². The summed E-state index contributed by atoms with van der Waals surface area (Å²) in [6, 6.07) is 12.0. The second-order valence-electron chi connectivity index (χ2n) is 6.13. The lowest BCUT2D eigenvalue weighted by atomic mass is 9.97. The summed E-state index contributed by atoms with van der Waals surface area (Å²) in [5.41, 5.74) is 1.84. The van der Waals surface area contributed by atoms with Crippen LogP contribution < -0.4 is 0 Å². The second-order valence-corrected chi connectivity index (χ2v) is 7.04. The van der Waals surface area contributed by atoms with Crippen molar-refractivity contribution in [3.8, 4) is 0 Å². The molecule has 3 rings (SSSR count). The Kier molecular flexibility index (Phi) is 5.99. The van der Waals surface area contributed by atoms with Gasteiger partial charge in [0.25, 0.3) is 5.91 Å². The summed E-state index contributed by atoms with van der Waals surface area (Å²) in [5, 5.41) is 0. The molecule has 1 aromatic carbocycles. The maximum Gasteiger partial charge on any atom is 0.255 e. The number of amides is 1. The molecule has 0 spiro atoms. The highest BCUT2D eigenvalue weighted by atomic mass is 79.9. The van der Waals surface area contributed by atoms with E-state index in [0.717, 1.165) is 37.0 Å². The molecular formula is C19H21BrN2O2. The zero-order valence-electron chi connectivity index (χ0n) is 13.5. The van der Waals surface area contributed by atoms with Crippen LogP contribution in [0.1, 0.15) is 28.8 Å². The minimum atomic E-state index is 0.0625. The van der Waals surface area contributed by atoms with Crippen LogP contribution in [0.5, 0.6) is 0 Å². The topological polar surface area (TPSA) is 42.4 Å². The van der Waals surface area contributed by atoms with Crippen LogP contribution in [0.3, 0.4) is 0 Å². The van der Waals surface area contributed by atoms with Crippen molar-refractivity contribution in [1.82, 2.24) is 9.88 Å². The van der Waals surface area contributed by atoms with Gasteiger partial charge in [0.05, 0.1) is 12.2 Å². The molecule has 0 saturated carbocycles. The summed E-state index contributed by atoms with van der Waals surface area (Å²) in [6.45, 7) is 2.98. The van der Waals surface area contributed by atoms with Crippen molar-refractivity contribution in [2.45, 2.75) is 19.4 Å². The molecule has 126 valence electrons. The Morgan fingerprint density at radius 1 is 1.21 bits per heavy atom. The molecule has 1 saturated heterocycles. The Bertz CT molecular complexity index is 670. The van der Waals surface area contributed by atoms with E-state index in [2.05, 4.69) is 33.0 Å². The molecule has 0 N–H and O–H groups in total. The van der Waals surface area contributed by atoms with Crippen LogP contribution in [0.25, 0.3) is 0 Å². The van der Waals surface area contributed by atoms with Crippen molar-refractivity contribution in [3.63, 3.8) is 0 Å². The first-order valence-corrected chi connectivity index (χ1v) is 9.03. The Balaban J connectivity index is 1.43. The number of carbonyl (C=O) groups is 1. The number of halogens is 1. The van der Waals surface area contributed by atoms with Crippen LogP contribution in [0.2, 0.25) is 0 Å². The maximum atomic E-state index is 12.5. The third kappa shape index (κ3) is 4.65. The molecule has 0 radical (unpaired) electrons. The number of aromatic nitrogens is 1. The fraction of sp³-hybridized carbons (Fsp3) is 0.368. The smallest absolute Gasteiger partial charge is 0.255 e. The number of nitrogens with zero attached hydrogens (tertiary/aromatic N) is 2. The first-order valence-electron chi connectivity index (χ1n) is 8.24. The van der Waals surface area contributed by atoms with E-state index in [9.17, 15) is 4.79 Å². The molecular weight excluding hydrogens is 368 g/mol. The molecule has 2 aromatic rings. The van der Waals surface area contributed by atoms with Gasteiger partial charge >= 0.3 is 0 Å². The predicted octanol–water partition coefficient (Wildman–Crippen LogP) is 3.91. The zero-order valence-corrected chi connectivity index (χ0v) is 15.1. The van der Waals surface area contributed by atoms with Crippen LogP contribution >= 0.6 is 15.9 Å². The zero-order chi connectivity index (χ0) is 16.8. The van der Waals surface area contributed by atoms with Crippen molar-refractivity contribution in [2.75, 3.05) is 19.7 Å². The lowest BCUT2D eigenvalue weighted by Gasteiger charge is -2.32. The standard InChI is InChI=1S/C19H21BrN2O2/c20-18-10-17(11-21-12-18)19(23)22-8-6-16(7-9-22)14-24-13-15-4-2-1-3-5-15/h1-5,10-12,16H,6-9,13-14H2. The molecule has 2 heterocycles. The molecule has 0 atom stereocenters. The monoisotopic (exact) mass is 388 g/mol. The first-order chi connectivity index (χ1) is 11.7. The summed E-state index contributed by atoms with van der Waals surface area (Å²) < 4.78 is 6.67. The highest BCUT2D eigenvalue weighted by Crippen LogP contribution is 2.20. The van der Waals surface area contributed by atoms with Gasteiger partial charge in [-0.05, 0) is 46.3 Å². The highest BCUT2D eigenvalue weighted by Gasteiger charge is 2.24. The average Bonchev–Trinajstić information content (AvgIpc) is 2.63. The number of benzene rings is 1. The van der Waals surface area contributed by atoms with Gasteiger partial charge in [0.15, 0.2) is 0 Å². The fourth-order valence-electron chi connectivity index (χ4n) is 2.93. The third-order valence-electron chi connectivity index (χ3n) is 4.32. The summed E-state index contributed by atoms with van der Waals surface area (Å²) in [5.74, 6) is 0.589. The number of hydrogen-bond donors (Lipinski definition) is 0. The van der Waals surface area contributed by atoms with E-state index in [4.69, 9.17) is 4.74 Å². The quantitative estimate of drug-likeness (QED) is 0.779. The van der Waals surface area contributed by atoms with Crippen LogP contribution in [0.4, 0.5) is 0 Å². The minimum Gasteiger partial charge on any atom is -0.376 e. The Morgan fingerprint density at radius 2 is 1.96 bits per heavy atom. The third-order valence-corrected chi connectivity index (χ3v) is 4.75. The van der Waals surface area contributed by atoms with Crippen molar-refractivity contribution in [3.05, 3.63) is 64.4 Å². The van der Waals surface area contributed by atoms with Crippen LogP contribution in [0.15, 0.2) is 53.3 Å². The summed E-state index contributed by atoms with van der Waals surface area (Å²) in [7, 11) is 0. The molecule has 1 aliphatic heterocycles. The highest BCUT2D eigenvalue weighted by molar-refractivity contribution is 9.10. The largest absolute Gasteiger partial charge is 0.376 e. The minimum absolute atomic E-state index is 0.0625.